The molecule has 1 aliphatic rings. The highest BCUT2D eigenvalue weighted by atomic mass is 19.1. The fraction of sp³-hybridized carbons (Fsp3) is 0.214. The molecule has 0 bridgehead atoms. The van der Waals surface area contributed by atoms with Gasteiger partial charge < -0.3 is 13.9 Å². The van der Waals surface area contributed by atoms with Crippen molar-refractivity contribution in [2.75, 3.05) is 0 Å². The minimum absolute atomic E-state index is 0.443. The zero-order chi connectivity index (χ0) is 23.2. The molecule has 4 aromatic rings. The predicted octanol–water partition coefficient (Wildman–Crippen LogP) is 7.24. The van der Waals surface area contributed by atoms with Gasteiger partial charge in [-0.1, -0.05) is 66.7 Å². The Kier molecular flexibility index (Phi) is 5.27. The Labute approximate surface area is 194 Å². The van der Waals surface area contributed by atoms with Crippen LogP contribution >= 0.6 is 0 Å². The van der Waals surface area contributed by atoms with Gasteiger partial charge >= 0.3 is 7.12 Å². The SMILES string of the molecule is CC1(C)OB(C(F)=Cc2c(-c3ccccc3)n(-c3ccccc3)c3ccccc23)OC1(C)C. The molecule has 0 atom stereocenters. The van der Waals surface area contributed by atoms with Gasteiger partial charge in [-0.25, -0.2) is 4.39 Å². The maximum Gasteiger partial charge on any atom is 0.525 e. The molecule has 33 heavy (non-hydrogen) atoms. The molecule has 0 saturated carbocycles. The van der Waals surface area contributed by atoms with Crippen LogP contribution in [-0.2, 0) is 9.31 Å². The molecule has 1 aromatic heterocycles. The third-order valence-electron chi connectivity index (χ3n) is 6.74. The average Bonchev–Trinajstić information content (AvgIpc) is 3.25. The number of hydrogen-bond acceptors (Lipinski definition) is 2. The molecule has 1 fully saturated rings. The monoisotopic (exact) mass is 439 g/mol. The van der Waals surface area contributed by atoms with E-state index in [0.29, 0.717) is 0 Å². The van der Waals surface area contributed by atoms with Crippen molar-refractivity contribution in [3.63, 3.8) is 0 Å². The number of aromatic nitrogens is 1. The molecule has 5 heteroatoms. The van der Waals surface area contributed by atoms with Crippen molar-refractivity contribution in [3.05, 3.63) is 96.2 Å². The highest BCUT2D eigenvalue weighted by molar-refractivity contribution is 6.54. The molecule has 0 aliphatic carbocycles. The highest BCUT2D eigenvalue weighted by Crippen LogP contribution is 2.41. The summed E-state index contributed by atoms with van der Waals surface area (Å²) >= 11 is 0. The number of nitrogens with zero attached hydrogens (tertiary/aromatic N) is 1. The number of fused-ring (bicyclic) bond motifs is 1. The summed E-state index contributed by atoms with van der Waals surface area (Å²) in [5, 5.41) is 0.965. The van der Waals surface area contributed by atoms with Crippen LogP contribution < -0.4 is 0 Å². The van der Waals surface area contributed by atoms with Gasteiger partial charge in [-0.05, 0) is 57.5 Å². The molecule has 166 valence electrons. The summed E-state index contributed by atoms with van der Waals surface area (Å²) in [7, 11) is -1.04. The zero-order valence-electron chi connectivity index (χ0n) is 19.4. The van der Waals surface area contributed by atoms with Gasteiger partial charge in [-0.3, -0.25) is 0 Å². The molecule has 0 N–H and O–H groups in total. The zero-order valence-corrected chi connectivity index (χ0v) is 19.4. The first kappa shape index (κ1) is 21.7. The molecule has 0 radical (unpaired) electrons. The third-order valence-corrected chi connectivity index (χ3v) is 6.74. The van der Waals surface area contributed by atoms with E-state index in [-0.39, 0.29) is 0 Å². The van der Waals surface area contributed by atoms with Crippen LogP contribution in [-0.4, -0.2) is 22.9 Å². The van der Waals surface area contributed by atoms with Crippen LogP contribution in [0, 0.1) is 0 Å². The molecule has 1 saturated heterocycles. The van der Waals surface area contributed by atoms with Gasteiger partial charge in [0.1, 0.15) is 5.73 Å². The first-order chi connectivity index (χ1) is 15.8. The Bertz CT molecular complexity index is 1310. The second kappa shape index (κ2) is 8.01. The van der Waals surface area contributed by atoms with E-state index < -0.39 is 24.0 Å². The minimum Gasteiger partial charge on any atom is -0.398 e. The maximum absolute atomic E-state index is 15.7. The molecule has 3 nitrogen and oxygen atoms in total. The van der Waals surface area contributed by atoms with Crippen LogP contribution in [0.1, 0.15) is 33.3 Å². The van der Waals surface area contributed by atoms with Gasteiger partial charge in [0, 0.05) is 16.6 Å². The lowest BCUT2D eigenvalue weighted by Crippen LogP contribution is -2.41. The van der Waals surface area contributed by atoms with Crippen molar-refractivity contribution in [2.45, 2.75) is 38.9 Å². The van der Waals surface area contributed by atoms with E-state index in [1.165, 1.54) is 0 Å². The summed E-state index contributed by atoms with van der Waals surface area (Å²) in [4.78, 5) is 0. The summed E-state index contributed by atoms with van der Waals surface area (Å²) in [5.41, 5.74) is 3.10. The normalized spacial score (nSPS) is 17.6. The molecule has 5 rings (SSSR count). The fourth-order valence-corrected chi connectivity index (χ4v) is 4.30. The second-order valence-electron chi connectivity index (χ2n) is 9.43. The summed E-state index contributed by atoms with van der Waals surface area (Å²) in [6, 6.07) is 28.3. The van der Waals surface area contributed by atoms with Gasteiger partial charge in [0.15, 0.2) is 0 Å². The van der Waals surface area contributed by atoms with Crippen LogP contribution in [0.5, 0.6) is 0 Å². The summed E-state index contributed by atoms with van der Waals surface area (Å²) < 4.78 is 29.9. The van der Waals surface area contributed by atoms with E-state index in [1.54, 1.807) is 6.08 Å². The van der Waals surface area contributed by atoms with E-state index in [1.807, 2.05) is 82.3 Å². The van der Waals surface area contributed by atoms with Crippen molar-refractivity contribution < 1.29 is 13.7 Å². The van der Waals surface area contributed by atoms with Gasteiger partial charge in [-0.2, -0.15) is 0 Å². The second-order valence-corrected chi connectivity index (χ2v) is 9.43. The van der Waals surface area contributed by atoms with E-state index in [0.717, 1.165) is 33.4 Å². The van der Waals surface area contributed by atoms with Crippen LogP contribution in [0.3, 0.4) is 0 Å². The van der Waals surface area contributed by atoms with Crippen molar-refractivity contribution in [1.29, 1.82) is 0 Å². The highest BCUT2D eigenvalue weighted by Gasteiger charge is 2.53. The average molecular weight is 439 g/mol. The Morgan fingerprint density at radius 1 is 0.788 bits per heavy atom. The largest absolute Gasteiger partial charge is 0.525 e. The van der Waals surface area contributed by atoms with E-state index in [9.17, 15) is 0 Å². The lowest BCUT2D eigenvalue weighted by molar-refractivity contribution is 0.00578. The van der Waals surface area contributed by atoms with Crippen molar-refractivity contribution in [3.8, 4) is 16.9 Å². The summed E-state index contributed by atoms with van der Waals surface area (Å²) in [5.74, 6) is 0. The number of benzene rings is 3. The van der Waals surface area contributed by atoms with Crippen LogP contribution in [0.25, 0.3) is 33.9 Å². The number of rotatable bonds is 4. The van der Waals surface area contributed by atoms with Gasteiger partial charge in [-0.15, -0.1) is 0 Å². The standard InChI is InChI=1S/C28H27BFNO2/c1-27(2)28(3,4)33-29(32-27)25(30)19-23-22-17-11-12-18-24(22)31(21-15-9-6-10-16-21)26(23)20-13-7-5-8-14-20/h5-19H,1-4H3. The van der Waals surface area contributed by atoms with Crippen LogP contribution in [0.2, 0.25) is 0 Å². The van der Waals surface area contributed by atoms with Gasteiger partial charge in [0.2, 0.25) is 0 Å². The first-order valence-electron chi connectivity index (χ1n) is 11.3. The number of halogens is 1. The molecule has 3 aromatic carbocycles. The third kappa shape index (κ3) is 3.71. The van der Waals surface area contributed by atoms with Gasteiger partial charge in [0.05, 0.1) is 22.4 Å². The van der Waals surface area contributed by atoms with Crippen LogP contribution in [0.4, 0.5) is 4.39 Å². The fourth-order valence-electron chi connectivity index (χ4n) is 4.30. The van der Waals surface area contributed by atoms with Crippen molar-refractivity contribution >= 4 is 24.1 Å². The van der Waals surface area contributed by atoms with E-state index >= 15 is 4.39 Å². The summed E-state index contributed by atoms with van der Waals surface area (Å²) in [6.07, 6.45) is 1.58. The summed E-state index contributed by atoms with van der Waals surface area (Å²) in [6.45, 7) is 7.71. The molecular weight excluding hydrogens is 412 g/mol. The first-order valence-corrected chi connectivity index (χ1v) is 11.3. The topological polar surface area (TPSA) is 23.4 Å². The molecule has 0 amide bonds. The van der Waals surface area contributed by atoms with Crippen molar-refractivity contribution in [1.82, 2.24) is 4.57 Å². The van der Waals surface area contributed by atoms with Gasteiger partial charge in [0.25, 0.3) is 0 Å². The number of para-hydroxylation sites is 2. The Morgan fingerprint density at radius 2 is 1.33 bits per heavy atom. The molecule has 0 spiro atoms. The Morgan fingerprint density at radius 3 is 1.97 bits per heavy atom. The minimum atomic E-state index is -1.04. The van der Waals surface area contributed by atoms with Crippen LogP contribution in [0.15, 0.2) is 90.7 Å². The predicted molar refractivity (Wildman–Crippen MR) is 134 cm³/mol. The Hall–Kier alpha value is -3.15. The molecular formula is C28H27BFNO2. The number of hydrogen-bond donors (Lipinski definition) is 0. The molecule has 1 aliphatic heterocycles. The van der Waals surface area contributed by atoms with E-state index in [4.69, 9.17) is 9.31 Å². The van der Waals surface area contributed by atoms with Crippen molar-refractivity contribution in [2.24, 2.45) is 0 Å². The smallest absolute Gasteiger partial charge is 0.398 e. The lowest BCUT2D eigenvalue weighted by Gasteiger charge is -2.32. The quantitative estimate of drug-likeness (QED) is 0.313. The maximum atomic E-state index is 15.7. The lowest BCUT2D eigenvalue weighted by atomic mass is 9.86. The molecule has 0 unspecified atom stereocenters. The Balaban J connectivity index is 1.75. The van der Waals surface area contributed by atoms with E-state index in [2.05, 4.69) is 34.9 Å². The molecule has 2 heterocycles.